The molecule has 0 radical (unpaired) electrons. The Balaban J connectivity index is 1.14. The quantitative estimate of drug-likeness (QED) is 0.256. The molecular weight excluding hydrogens is 573 g/mol. The number of halogens is 2. The summed E-state index contributed by atoms with van der Waals surface area (Å²) in [7, 11) is 1.40. The molecule has 43 heavy (non-hydrogen) atoms. The molecule has 222 valence electrons. The van der Waals surface area contributed by atoms with Crippen LogP contribution < -0.4 is 9.47 Å². The molecule has 4 aliphatic heterocycles. The number of fused-ring (bicyclic) bond motifs is 5. The Bertz CT molecular complexity index is 1740. The first kappa shape index (κ1) is 26.9. The highest BCUT2D eigenvalue weighted by molar-refractivity contribution is 6.30. The number of hydrogen-bond acceptors (Lipinski definition) is 7. The molecule has 0 amide bonds. The number of imidazole rings is 1. The molecule has 0 saturated carbocycles. The van der Waals surface area contributed by atoms with Gasteiger partial charge in [0, 0.05) is 28.8 Å². The van der Waals surface area contributed by atoms with E-state index in [9.17, 15) is 9.18 Å². The SMILES string of the molecule is COC(=O)c1ccc2nc3n(c2c1)C([C@@H]1CCO1)[C@H]1CC(c2cccc4c2O[C@H](c2ccc(Cl)cc2F)CO4)CCN1C3. The molecule has 0 N–H and O–H groups in total. The lowest BCUT2D eigenvalue weighted by Gasteiger charge is -2.51. The molecule has 5 atom stereocenters. The Hall–Kier alpha value is -3.66. The number of aromatic nitrogens is 2. The minimum absolute atomic E-state index is 0.0471. The maximum atomic E-state index is 14.8. The van der Waals surface area contributed by atoms with Crippen molar-refractivity contribution in [3.05, 3.63) is 88.0 Å². The van der Waals surface area contributed by atoms with E-state index in [0.717, 1.165) is 61.4 Å². The van der Waals surface area contributed by atoms with Crippen molar-refractivity contribution in [1.29, 1.82) is 0 Å². The molecule has 8 rings (SSSR count). The van der Waals surface area contributed by atoms with Gasteiger partial charge in [-0.2, -0.15) is 0 Å². The number of rotatable bonds is 4. The van der Waals surface area contributed by atoms with Crippen LogP contribution in [0.2, 0.25) is 5.02 Å². The van der Waals surface area contributed by atoms with Crippen molar-refractivity contribution < 1.29 is 28.1 Å². The summed E-state index contributed by atoms with van der Waals surface area (Å²) in [6, 6.07) is 16.5. The van der Waals surface area contributed by atoms with Gasteiger partial charge in [0.25, 0.3) is 0 Å². The van der Waals surface area contributed by atoms with Gasteiger partial charge in [-0.15, -0.1) is 0 Å². The number of hydrogen-bond donors (Lipinski definition) is 0. The van der Waals surface area contributed by atoms with E-state index in [1.54, 1.807) is 18.2 Å². The van der Waals surface area contributed by atoms with E-state index >= 15 is 0 Å². The predicted molar refractivity (Wildman–Crippen MR) is 157 cm³/mol. The molecule has 2 fully saturated rings. The van der Waals surface area contributed by atoms with Crippen LogP contribution in [0.1, 0.15) is 64.6 Å². The number of benzene rings is 3. The number of nitrogens with zero attached hydrogens (tertiary/aromatic N) is 3. The van der Waals surface area contributed by atoms with Crippen LogP contribution in [0.5, 0.6) is 11.5 Å². The monoisotopic (exact) mass is 603 g/mol. The summed E-state index contributed by atoms with van der Waals surface area (Å²) in [5.74, 6) is 1.81. The molecule has 0 spiro atoms. The van der Waals surface area contributed by atoms with Gasteiger partial charge in [0.2, 0.25) is 0 Å². The van der Waals surface area contributed by atoms with E-state index in [1.165, 1.54) is 13.2 Å². The van der Waals surface area contributed by atoms with Crippen LogP contribution in [-0.4, -0.2) is 59.4 Å². The van der Waals surface area contributed by atoms with E-state index in [2.05, 4.69) is 15.5 Å². The van der Waals surface area contributed by atoms with Gasteiger partial charge in [0.1, 0.15) is 18.2 Å². The second-order valence-electron chi connectivity index (χ2n) is 11.8. The van der Waals surface area contributed by atoms with Gasteiger partial charge in [-0.3, -0.25) is 4.90 Å². The number of carbonyl (C=O) groups excluding carboxylic acids is 1. The van der Waals surface area contributed by atoms with Crippen molar-refractivity contribution in [2.45, 2.75) is 56.0 Å². The van der Waals surface area contributed by atoms with Gasteiger partial charge >= 0.3 is 5.97 Å². The number of para-hydroxylation sites is 1. The fourth-order valence-electron chi connectivity index (χ4n) is 7.35. The third-order valence-electron chi connectivity index (χ3n) is 9.50. The van der Waals surface area contributed by atoms with Crippen LogP contribution >= 0.6 is 11.6 Å². The van der Waals surface area contributed by atoms with Crippen LogP contribution in [0.4, 0.5) is 4.39 Å². The number of piperidine rings is 1. The zero-order valence-corrected chi connectivity index (χ0v) is 24.4. The average Bonchev–Trinajstić information content (AvgIpc) is 3.36. The van der Waals surface area contributed by atoms with Gasteiger partial charge in [-0.05, 0) is 68.1 Å². The highest BCUT2D eigenvalue weighted by atomic mass is 35.5. The Labute approximate surface area is 253 Å². The maximum Gasteiger partial charge on any atom is 0.337 e. The lowest BCUT2D eigenvalue weighted by Crippen LogP contribution is -2.55. The van der Waals surface area contributed by atoms with E-state index in [4.69, 9.17) is 35.5 Å². The topological polar surface area (TPSA) is 75.0 Å². The number of methoxy groups -OCH3 is 1. The van der Waals surface area contributed by atoms with Gasteiger partial charge in [0.05, 0.1) is 42.4 Å². The van der Waals surface area contributed by atoms with Crippen LogP contribution in [0, 0.1) is 5.82 Å². The molecule has 0 bridgehead atoms. The Morgan fingerprint density at radius 2 is 2.00 bits per heavy atom. The minimum atomic E-state index is -0.569. The minimum Gasteiger partial charge on any atom is -0.485 e. The fourth-order valence-corrected chi connectivity index (χ4v) is 7.51. The maximum absolute atomic E-state index is 14.8. The first-order valence-electron chi connectivity index (χ1n) is 14.8. The van der Waals surface area contributed by atoms with Gasteiger partial charge in [-0.25, -0.2) is 14.2 Å². The first-order chi connectivity index (χ1) is 21.0. The molecule has 5 heterocycles. The van der Waals surface area contributed by atoms with E-state index < -0.39 is 11.9 Å². The van der Waals surface area contributed by atoms with Gasteiger partial charge in [0.15, 0.2) is 17.6 Å². The summed E-state index contributed by atoms with van der Waals surface area (Å²) < 4.78 is 40.9. The van der Waals surface area contributed by atoms with E-state index in [0.29, 0.717) is 27.6 Å². The third kappa shape index (κ3) is 4.48. The van der Waals surface area contributed by atoms with Crippen molar-refractivity contribution in [3.8, 4) is 11.5 Å². The standard InChI is InChI=1S/C33H31ClFN3O5/c1-40-33(39)19-5-8-24-25(14-19)38-30(36-24)16-37-11-9-18(13-26(37)31(38)27-10-12-41-27)21-3-2-4-28-32(21)43-29(17-42-28)22-7-6-20(34)15-23(22)35/h2-8,14-15,18,26-27,29,31H,9-13,16-17H2,1H3/t18?,26-,27+,29+,31?/m1/s1. The molecule has 3 aromatic carbocycles. The first-order valence-corrected chi connectivity index (χ1v) is 15.2. The average molecular weight is 604 g/mol. The molecule has 2 saturated heterocycles. The Kier molecular flexibility index (Phi) is 6.58. The highest BCUT2D eigenvalue weighted by Crippen LogP contribution is 2.49. The third-order valence-corrected chi connectivity index (χ3v) is 9.74. The summed E-state index contributed by atoms with van der Waals surface area (Å²) >= 11 is 6.00. The van der Waals surface area contributed by atoms with Crippen LogP contribution in [0.15, 0.2) is 54.6 Å². The van der Waals surface area contributed by atoms with Gasteiger partial charge in [-0.1, -0.05) is 29.8 Å². The van der Waals surface area contributed by atoms with E-state index in [-0.39, 0.29) is 36.7 Å². The van der Waals surface area contributed by atoms with Crippen molar-refractivity contribution in [3.63, 3.8) is 0 Å². The molecule has 4 aliphatic rings. The molecule has 2 unspecified atom stereocenters. The zero-order valence-electron chi connectivity index (χ0n) is 23.7. The van der Waals surface area contributed by atoms with Crippen LogP contribution in [0.25, 0.3) is 11.0 Å². The lowest BCUT2D eigenvalue weighted by atomic mass is 9.79. The van der Waals surface area contributed by atoms with Crippen molar-refractivity contribution in [2.24, 2.45) is 0 Å². The molecule has 1 aromatic heterocycles. The van der Waals surface area contributed by atoms with Crippen LogP contribution in [-0.2, 0) is 16.0 Å². The molecular formula is C33H31ClFN3O5. The number of esters is 1. The largest absolute Gasteiger partial charge is 0.485 e. The molecule has 8 nitrogen and oxygen atoms in total. The molecule has 4 aromatic rings. The molecule has 0 aliphatic carbocycles. The Morgan fingerprint density at radius 3 is 2.79 bits per heavy atom. The smallest absolute Gasteiger partial charge is 0.337 e. The second kappa shape index (κ2) is 10.5. The lowest BCUT2D eigenvalue weighted by molar-refractivity contribution is -0.112. The van der Waals surface area contributed by atoms with Crippen LogP contribution in [0.3, 0.4) is 0 Å². The molecule has 10 heteroatoms. The van der Waals surface area contributed by atoms with Crippen molar-refractivity contribution >= 4 is 28.6 Å². The number of carbonyl (C=O) groups is 1. The van der Waals surface area contributed by atoms with E-state index in [1.807, 2.05) is 24.3 Å². The zero-order chi connectivity index (χ0) is 29.2. The normalized spacial score (nSPS) is 26.3. The summed E-state index contributed by atoms with van der Waals surface area (Å²) in [6.07, 6.45) is 2.30. The van der Waals surface area contributed by atoms with Gasteiger partial charge < -0.3 is 23.5 Å². The second-order valence-corrected chi connectivity index (χ2v) is 12.2. The Morgan fingerprint density at radius 1 is 1.12 bits per heavy atom. The fraction of sp³-hybridized carbons (Fsp3) is 0.394. The number of ether oxygens (including phenoxy) is 4. The summed E-state index contributed by atoms with van der Waals surface area (Å²) in [5, 5.41) is 0.346. The summed E-state index contributed by atoms with van der Waals surface area (Å²) in [4.78, 5) is 19.9. The highest BCUT2D eigenvalue weighted by Gasteiger charge is 2.47. The summed E-state index contributed by atoms with van der Waals surface area (Å²) in [5.41, 5.74) is 3.82. The van der Waals surface area contributed by atoms with Crippen molar-refractivity contribution in [2.75, 3.05) is 26.9 Å². The predicted octanol–water partition coefficient (Wildman–Crippen LogP) is 6.22. The van der Waals surface area contributed by atoms with Crippen molar-refractivity contribution in [1.82, 2.24) is 14.5 Å². The summed E-state index contributed by atoms with van der Waals surface area (Å²) in [6.45, 7) is 2.59.